The van der Waals surface area contributed by atoms with Gasteiger partial charge in [0.15, 0.2) is 6.04 Å². The number of benzene rings is 1. The molecule has 1 aliphatic heterocycles. The van der Waals surface area contributed by atoms with Gasteiger partial charge in [0, 0.05) is 31.1 Å². The number of halogens is 3. The number of amides is 1. The molecule has 2 aromatic heterocycles. The number of pyridine rings is 2. The average molecular weight is 470 g/mol. The maximum Gasteiger partial charge on any atom is 0.413 e. The van der Waals surface area contributed by atoms with Gasteiger partial charge in [-0.2, -0.15) is 13.2 Å². The van der Waals surface area contributed by atoms with Gasteiger partial charge in [-0.25, -0.2) is 0 Å². The Bertz CT molecular complexity index is 1190. The van der Waals surface area contributed by atoms with Crippen LogP contribution in [0.1, 0.15) is 42.3 Å². The van der Waals surface area contributed by atoms with Gasteiger partial charge in [-0.1, -0.05) is 12.1 Å². The lowest BCUT2D eigenvalue weighted by atomic mass is 10.0. The first-order valence-corrected chi connectivity index (χ1v) is 11.3. The van der Waals surface area contributed by atoms with E-state index in [1.54, 1.807) is 24.5 Å². The number of nitrogens with one attached hydrogen (secondary N) is 1. The molecule has 34 heavy (non-hydrogen) atoms. The number of carbonyl (C=O) groups is 1. The molecule has 1 aromatic carbocycles. The molecular formula is C25H25F3N4O2. The van der Waals surface area contributed by atoms with Crippen molar-refractivity contribution in [2.45, 2.75) is 37.4 Å². The second-order valence-electron chi connectivity index (χ2n) is 8.93. The van der Waals surface area contributed by atoms with E-state index >= 15 is 0 Å². The smallest absolute Gasteiger partial charge is 0.381 e. The summed E-state index contributed by atoms with van der Waals surface area (Å²) in [5.74, 6) is -0.688. The predicted molar refractivity (Wildman–Crippen MR) is 122 cm³/mol. The van der Waals surface area contributed by atoms with Crippen LogP contribution in [0, 0.1) is 5.92 Å². The van der Waals surface area contributed by atoms with Gasteiger partial charge in [-0.15, -0.1) is 0 Å². The molecule has 0 bridgehead atoms. The summed E-state index contributed by atoms with van der Waals surface area (Å²) < 4.78 is 47.2. The lowest BCUT2D eigenvalue weighted by Gasteiger charge is -2.32. The number of rotatable bonds is 6. The molecule has 3 heterocycles. The van der Waals surface area contributed by atoms with Crippen LogP contribution in [0.4, 0.5) is 24.5 Å². The van der Waals surface area contributed by atoms with Crippen LogP contribution < -0.4 is 5.32 Å². The summed E-state index contributed by atoms with van der Waals surface area (Å²) in [5, 5.41) is 3.31. The summed E-state index contributed by atoms with van der Waals surface area (Å²) in [6.45, 7) is 0.553. The lowest BCUT2D eigenvalue weighted by Crippen LogP contribution is -2.42. The Balaban J connectivity index is 1.40. The molecule has 2 fully saturated rings. The Labute approximate surface area is 195 Å². The second kappa shape index (κ2) is 8.87. The van der Waals surface area contributed by atoms with Crippen molar-refractivity contribution in [3.05, 3.63) is 59.9 Å². The Morgan fingerprint density at radius 3 is 2.56 bits per heavy atom. The number of hydrogen-bond donors (Lipinski definition) is 1. The number of ether oxygens (including phenoxy) is 1. The van der Waals surface area contributed by atoms with Gasteiger partial charge < -0.3 is 15.0 Å². The van der Waals surface area contributed by atoms with Crippen molar-refractivity contribution in [2.75, 3.05) is 25.6 Å². The molecule has 2 atom stereocenters. The zero-order valence-corrected chi connectivity index (χ0v) is 18.7. The summed E-state index contributed by atoms with van der Waals surface area (Å²) in [6, 6.07) is 7.77. The SMILES string of the molecule is CN(C(=O)C1CCOC1)[C@@H](c1ccc(Nc2cnc3cccnc3c2C2CC2)cc1)C(F)(F)F. The van der Waals surface area contributed by atoms with Gasteiger partial charge >= 0.3 is 6.18 Å². The molecule has 1 saturated carbocycles. The summed E-state index contributed by atoms with van der Waals surface area (Å²) >= 11 is 0. The Morgan fingerprint density at radius 1 is 1.15 bits per heavy atom. The first-order valence-electron chi connectivity index (χ1n) is 11.3. The van der Waals surface area contributed by atoms with E-state index in [9.17, 15) is 18.0 Å². The Kier molecular flexibility index (Phi) is 5.89. The molecule has 6 nitrogen and oxygen atoms in total. The Hall–Kier alpha value is -3.20. The molecule has 1 unspecified atom stereocenters. The minimum Gasteiger partial charge on any atom is -0.381 e. The predicted octanol–water partition coefficient (Wildman–Crippen LogP) is 5.35. The maximum absolute atomic E-state index is 14.0. The van der Waals surface area contributed by atoms with E-state index < -0.39 is 24.0 Å². The van der Waals surface area contributed by atoms with Crippen LogP contribution in [0.5, 0.6) is 0 Å². The molecule has 0 spiro atoms. The fraction of sp³-hybridized carbons (Fsp3) is 0.400. The van der Waals surface area contributed by atoms with Crippen LogP contribution in [-0.2, 0) is 9.53 Å². The molecule has 5 rings (SSSR count). The van der Waals surface area contributed by atoms with Gasteiger partial charge in [0.05, 0.1) is 35.4 Å². The first kappa shape index (κ1) is 22.6. The highest BCUT2D eigenvalue weighted by Gasteiger charge is 2.46. The zero-order chi connectivity index (χ0) is 23.9. The summed E-state index contributed by atoms with van der Waals surface area (Å²) in [6.07, 6.45) is 1.47. The quantitative estimate of drug-likeness (QED) is 0.526. The highest BCUT2D eigenvalue weighted by molar-refractivity contribution is 5.85. The summed E-state index contributed by atoms with van der Waals surface area (Å²) in [5.41, 5.74) is 4.21. The van der Waals surface area contributed by atoms with Crippen molar-refractivity contribution >= 4 is 28.3 Å². The molecule has 2 aliphatic rings. The van der Waals surface area contributed by atoms with Crippen LogP contribution in [0.25, 0.3) is 11.0 Å². The minimum atomic E-state index is -4.61. The van der Waals surface area contributed by atoms with Crippen LogP contribution >= 0.6 is 0 Å². The number of nitrogens with zero attached hydrogens (tertiary/aromatic N) is 3. The standard InChI is InChI=1S/C25H25F3N4O2/c1-32(24(33)17-10-12-34-14-17)23(25(26,27)28)16-6-8-18(9-7-16)31-20-13-30-19-3-2-11-29-22(19)21(20)15-4-5-15/h2-3,6-9,11,13,15,17,23,31H,4-5,10,12,14H2,1H3/t17?,23-/m0/s1. The van der Waals surface area contributed by atoms with Gasteiger partial charge in [-0.05, 0) is 55.0 Å². The molecule has 178 valence electrons. The summed E-state index contributed by atoms with van der Waals surface area (Å²) in [7, 11) is 1.21. The molecule has 1 amide bonds. The monoisotopic (exact) mass is 470 g/mol. The molecule has 1 aliphatic carbocycles. The first-order chi connectivity index (χ1) is 16.3. The number of aromatic nitrogens is 2. The van der Waals surface area contributed by atoms with Crippen molar-refractivity contribution in [1.82, 2.24) is 14.9 Å². The van der Waals surface area contributed by atoms with Crippen molar-refractivity contribution in [3.63, 3.8) is 0 Å². The highest BCUT2D eigenvalue weighted by atomic mass is 19.4. The van der Waals surface area contributed by atoms with E-state index in [0.717, 1.165) is 40.0 Å². The molecule has 1 N–H and O–H groups in total. The molecule has 1 saturated heterocycles. The average Bonchev–Trinajstić information content (AvgIpc) is 3.50. The molecule has 0 radical (unpaired) electrons. The van der Waals surface area contributed by atoms with Crippen LogP contribution in [0.2, 0.25) is 0 Å². The largest absolute Gasteiger partial charge is 0.413 e. The fourth-order valence-corrected chi connectivity index (χ4v) is 4.61. The van der Waals surface area contributed by atoms with Crippen LogP contribution in [0.3, 0.4) is 0 Å². The van der Waals surface area contributed by atoms with Gasteiger partial charge in [-0.3, -0.25) is 14.8 Å². The van der Waals surface area contributed by atoms with E-state index in [2.05, 4.69) is 15.3 Å². The third-order valence-corrected chi connectivity index (χ3v) is 6.48. The molecule has 9 heteroatoms. The van der Waals surface area contributed by atoms with Gasteiger partial charge in [0.25, 0.3) is 0 Å². The van der Waals surface area contributed by atoms with Crippen molar-refractivity contribution in [1.29, 1.82) is 0 Å². The number of fused-ring (bicyclic) bond motifs is 1. The summed E-state index contributed by atoms with van der Waals surface area (Å²) in [4.78, 5) is 22.4. The van der Waals surface area contributed by atoms with Crippen molar-refractivity contribution in [2.24, 2.45) is 5.92 Å². The van der Waals surface area contributed by atoms with E-state index in [1.165, 1.54) is 19.2 Å². The van der Waals surface area contributed by atoms with Gasteiger partial charge in [0.2, 0.25) is 5.91 Å². The van der Waals surface area contributed by atoms with Crippen LogP contribution in [0.15, 0.2) is 48.8 Å². The van der Waals surface area contributed by atoms with Crippen LogP contribution in [-0.4, -0.2) is 47.2 Å². The number of alkyl halides is 3. The highest BCUT2D eigenvalue weighted by Crippen LogP contribution is 2.46. The lowest BCUT2D eigenvalue weighted by molar-refractivity contribution is -0.190. The minimum absolute atomic E-state index is 0.00790. The van der Waals surface area contributed by atoms with Gasteiger partial charge in [0.1, 0.15) is 0 Å². The molecule has 3 aromatic rings. The number of anilines is 2. The molecular weight excluding hydrogens is 445 g/mol. The van der Waals surface area contributed by atoms with E-state index in [1.807, 2.05) is 12.1 Å². The number of hydrogen-bond acceptors (Lipinski definition) is 5. The van der Waals surface area contributed by atoms with Crippen molar-refractivity contribution < 1.29 is 22.7 Å². The van der Waals surface area contributed by atoms with Crippen molar-refractivity contribution in [3.8, 4) is 0 Å². The normalized spacial score (nSPS) is 19.2. The van der Waals surface area contributed by atoms with E-state index in [-0.39, 0.29) is 12.2 Å². The third-order valence-electron chi connectivity index (χ3n) is 6.48. The third kappa shape index (κ3) is 4.44. The van der Waals surface area contributed by atoms with E-state index in [0.29, 0.717) is 24.6 Å². The number of carbonyl (C=O) groups excluding carboxylic acids is 1. The van der Waals surface area contributed by atoms with E-state index in [4.69, 9.17) is 4.74 Å². The Morgan fingerprint density at radius 2 is 1.91 bits per heavy atom. The maximum atomic E-state index is 14.0. The fourth-order valence-electron chi connectivity index (χ4n) is 4.61. The second-order valence-corrected chi connectivity index (χ2v) is 8.93. The zero-order valence-electron chi connectivity index (χ0n) is 18.7. The topological polar surface area (TPSA) is 67.3 Å².